The molecule has 0 spiro atoms. The van der Waals surface area contributed by atoms with Crippen molar-refractivity contribution >= 4 is 23.2 Å². The second-order valence-electron chi connectivity index (χ2n) is 4.98. The second kappa shape index (κ2) is 9.69. The number of rotatable bonds is 9. The molecule has 1 aromatic carbocycles. The van der Waals surface area contributed by atoms with Crippen LogP contribution in [0, 0.1) is 0 Å². The van der Waals surface area contributed by atoms with E-state index in [0.29, 0.717) is 0 Å². The molecule has 0 amide bonds. The topological polar surface area (TPSA) is 0 Å². The highest BCUT2D eigenvalue weighted by molar-refractivity contribution is 6.30. The minimum atomic E-state index is 0.261. The minimum Gasteiger partial charge on any atom is -0.123 e. The van der Waals surface area contributed by atoms with Crippen molar-refractivity contribution in [2.75, 3.05) is 0 Å². The zero-order chi connectivity index (χ0) is 13.2. The molecule has 1 unspecified atom stereocenters. The lowest BCUT2D eigenvalue weighted by atomic mass is 10.0. The van der Waals surface area contributed by atoms with Gasteiger partial charge in [-0.1, -0.05) is 69.2 Å². The van der Waals surface area contributed by atoms with Gasteiger partial charge in [-0.2, -0.15) is 0 Å². The Labute approximate surface area is 122 Å². The van der Waals surface area contributed by atoms with Crippen LogP contribution >= 0.6 is 23.2 Å². The first kappa shape index (κ1) is 15.9. The van der Waals surface area contributed by atoms with E-state index in [4.69, 9.17) is 23.2 Å². The maximum absolute atomic E-state index is 6.36. The van der Waals surface area contributed by atoms with Crippen LogP contribution in [0.4, 0.5) is 0 Å². The highest BCUT2D eigenvalue weighted by atomic mass is 35.5. The van der Waals surface area contributed by atoms with Crippen molar-refractivity contribution in [2.24, 2.45) is 0 Å². The molecule has 1 rings (SSSR count). The molecule has 0 aliphatic rings. The Morgan fingerprint density at radius 1 is 0.944 bits per heavy atom. The third kappa shape index (κ3) is 7.28. The lowest BCUT2D eigenvalue weighted by Crippen LogP contribution is -2.03. The van der Waals surface area contributed by atoms with Crippen molar-refractivity contribution < 1.29 is 0 Å². The summed E-state index contributed by atoms with van der Waals surface area (Å²) in [7, 11) is 0. The summed E-state index contributed by atoms with van der Waals surface area (Å²) in [5, 5.41) is 1.05. The summed E-state index contributed by atoms with van der Waals surface area (Å²) < 4.78 is 0. The standard InChI is InChI=1S/C16H24Cl2/c1-2-3-4-5-6-7-8-16(18)13-14-9-11-15(17)12-10-14/h9-12,16H,2-8,13H2,1H3. The molecule has 0 saturated carbocycles. The first-order valence-electron chi connectivity index (χ1n) is 7.11. The highest BCUT2D eigenvalue weighted by Gasteiger charge is 2.05. The Hall–Kier alpha value is -0.200. The molecule has 0 heterocycles. The molecule has 0 saturated heterocycles. The zero-order valence-electron chi connectivity index (χ0n) is 11.3. The Morgan fingerprint density at radius 3 is 2.22 bits per heavy atom. The van der Waals surface area contributed by atoms with E-state index in [1.807, 2.05) is 12.1 Å². The van der Waals surface area contributed by atoms with Crippen LogP contribution in [0.15, 0.2) is 24.3 Å². The van der Waals surface area contributed by atoms with Crippen molar-refractivity contribution in [2.45, 2.75) is 63.7 Å². The molecular formula is C16H24Cl2. The van der Waals surface area contributed by atoms with E-state index in [1.54, 1.807) is 0 Å². The molecule has 0 aliphatic carbocycles. The van der Waals surface area contributed by atoms with Crippen LogP contribution in [-0.4, -0.2) is 5.38 Å². The van der Waals surface area contributed by atoms with E-state index in [1.165, 1.54) is 44.1 Å². The van der Waals surface area contributed by atoms with Crippen LogP contribution in [0.5, 0.6) is 0 Å². The number of hydrogen-bond acceptors (Lipinski definition) is 0. The number of benzene rings is 1. The molecule has 0 N–H and O–H groups in total. The maximum Gasteiger partial charge on any atom is 0.0406 e. The average Bonchev–Trinajstić information content (AvgIpc) is 2.36. The second-order valence-corrected chi connectivity index (χ2v) is 6.04. The quantitative estimate of drug-likeness (QED) is 0.372. The lowest BCUT2D eigenvalue weighted by molar-refractivity contribution is 0.578. The van der Waals surface area contributed by atoms with Crippen molar-refractivity contribution in [1.82, 2.24) is 0 Å². The monoisotopic (exact) mass is 286 g/mol. The van der Waals surface area contributed by atoms with Crippen LogP contribution in [0.1, 0.15) is 57.4 Å². The first-order chi connectivity index (χ1) is 8.72. The highest BCUT2D eigenvalue weighted by Crippen LogP contribution is 2.17. The van der Waals surface area contributed by atoms with Gasteiger partial charge in [-0.15, -0.1) is 11.6 Å². The molecule has 18 heavy (non-hydrogen) atoms. The largest absolute Gasteiger partial charge is 0.123 e. The van der Waals surface area contributed by atoms with Gasteiger partial charge in [0.1, 0.15) is 0 Å². The summed E-state index contributed by atoms with van der Waals surface area (Å²) in [5.74, 6) is 0. The van der Waals surface area contributed by atoms with Crippen molar-refractivity contribution in [3.05, 3.63) is 34.9 Å². The van der Waals surface area contributed by atoms with Crippen LogP contribution in [0.25, 0.3) is 0 Å². The van der Waals surface area contributed by atoms with Crippen LogP contribution in [-0.2, 0) is 6.42 Å². The van der Waals surface area contributed by atoms with Crippen LogP contribution < -0.4 is 0 Å². The Bertz CT molecular complexity index is 305. The van der Waals surface area contributed by atoms with E-state index >= 15 is 0 Å². The Kier molecular flexibility index (Phi) is 8.54. The van der Waals surface area contributed by atoms with Gasteiger partial charge < -0.3 is 0 Å². The van der Waals surface area contributed by atoms with Gasteiger partial charge in [0.25, 0.3) is 0 Å². The normalized spacial score (nSPS) is 12.6. The van der Waals surface area contributed by atoms with Crippen LogP contribution in [0.2, 0.25) is 5.02 Å². The molecule has 0 fully saturated rings. The van der Waals surface area contributed by atoms with Gasteiger partial charge in [0, 0.05) is 10.4 Å². The molecule has 1 atom stereocenters. The molecule has 2 heteroatoms. The van der Waals surface area contributed by atoms with E-state index in [9.17, 15) is 0 Å². The Balaban J connectivity index is 2.10. The minimum absolute atomic E-state index is 0.261. The van der Waals surface area contributed by atoms with Gasteiger partial charge in [0.05, 0.1) is 0 Å². The third-order valence-electron chi connectivity index (χ3n) is 3.24. The average molecular weight is 287 g/mol. The van der Waals surface area contributed by atoms with E-state index in [0.717, 1.165) is 17.9 Å². The number of alkyl halides is 1. The molecule has 0 nitrogen and oxygen atoms in total. The summed E-state index contributed by atoms with van der Waals surface area (Å²) in [6.45, 7) is 2.25. The maximum atomic E-state index is 6.36. The van der Waals surface area contributed by atoms with Gasteiger partial charge in [-0.25, -0.2) is 0 Å². The predicted molar refractivity (Wildman–Crippen MR) is 82.8 cm³/mol. The van der Waals surface area contributed by atoms with Crippen LogP contribution in [0.3, 0.4) is 0 Å². The Morgan fingerprint density at radius 2 is 1.56 bits per heavy atom. The smallest absolute Gasteiger partial charge is 0.0406 e. The molecule has 1 aromatic rings. The van der Waals surface area contributed by atoms with Crippen molar-refractivity contribution in [3.8, 4) is 0 Å². The molecule has 0 bridgehead atoms. The fraction of sp³-hybridized carbons (Fsp3) is 0.625. The zero-order valence-corrected chi connectivity index (χ0v) is 12.8. The fourth-order valence-corrected chi connectivity index (χ4v) is 2.58. The molecule has 0 radical (unpaired) electrons. The lowest BCUT2D eigenvalue weighted by Gasteiger charge is -2.09. The third-order valence-corrected chi connectivity index (χ3v) is 3.87. The van der Waals surface area contributed by atoms with E-state index in [2.05, 4.69) is 19.1 Å². The summed E-state index contributed by atoms with van der Waals surface area (Å²) in [4.78, 5) is 0. The molecule has 0 aromatic heterocycles. The van der Waals surface area contributed by atoms with E-state index < -0.39 is 0 Å². The predicted octanol–water partition coefficient (Wildman–Crippen LogP) is 6.24. The fourth-order valence-electron chi connectivity index (χ4n) is 2.12. The number of halogens is 2. The summed E-state index contributed by atoms with van der Waals surface area (Å²) in [6.07, 6.45) is 10.1. The molecule has 0 aliphatic heterocycles. The van der Waals surface area contributed by atoms with Gasteiger partial charge in [-0.05, 0) is 30.5 Å². The summed E-state index contributed by atoms with van der Waals surface area (Å²) in [5.41, 5.74) is 1.28. The summed E-state index contributed by atoms with van der Waals surface area (Å²) >= 11 is 12.2. The number of unbranched alkanes of at least 4 members (excludes halogenated alkanes) is 5. The van der Waals surface area contributed by atoms with Gasteiger partial charge in [0.2, 0.25) is 0 Å². The van der Waals surface area contributed by atoms with E-state index in [-0.39, 0.29) is 5.38 Å². The summed E-state index contributed by atoms with van der Waals surface area (Å²) in [6, 6.07) is 8.01. The van der Waals surface area contributed by atoms with Crippen molar-refractivity contribution in [1.29, 1.82) is 0 Å². The molecule has 102 valence electrons. The SMILES string of the molecule is CCCCCCCCC(Cl)Cc1ccc(Cl)cc1. The van der Waals surface area contributed by atoms with Gasteiger partial charge in [-0.3, -0.25) is 0 Å². The van der Waals surface area contributed by atoms with Gasteiger partial charge >= 0.3 is 0 Å². The first-order valence-corrected chi connectivity index (χ1v) is 7.92. The van der Waals surface area contributed by atoms with Gasteiger partial charge in [0.15, 0.2) is 0 Å². The van der Waals surface area contributed by atoms with Crippen molar-refractivity contribution in [3.63, 3.8) is 0 Å². The number of hydrogen-bond donors (Lipinski definition) is 0. The molecular weight excluding hydrogens is 263 g/mol.